The number of hydrogen-bond acceptors (Lipinski definition) is 5. The number of primary amides is 1. The summed E-state index contributed by atoms with van der Waals surface area (Å²) in [6, 6.07) is 15.6. The van der Waals surface area contributed by atoms with E-state index in [1.165, 1.54) is 17.4 Å². The number of carbonyl (C=O) groups is 2. The number of benzene rings is 2. The molecule has 3 rings (SSSR count). The zero-order chi connectivity index (χ0) is 17.8. The fourth-order valence-electron chi connectivity index (χ4n) is 2.23. The van der Waals surface area contributed by atoms with E-state index < -0.39 is 11.8 Å². The summed E-state index contributed by atoms with van der Waals surface area (Å²) in [4.78, 5) is 28.1. The van der Waals surface area contributed by atoms with Gasteiger partial charge in [-0.05, 0) is 24.3 Å². The van der Waals surface area contributed by atoms with E-state index in [1.54, 1.807) is 41.8 Å². The Labute approximate surface area is 147 Å². The van der Waals surface area contributed by atoms with Crippen LogP contribution in [-0.4, -0.2) is 16.8 Å². The molecule has 0 aliphatic carbocycles. The molecular weight excluding hydrogens is 336 g/mol. The smallest absolute Gasteiger partial charge is 0.275 e. The summed E-state index contributed by atoms with van der Waals surface area (Å²) in [5, 5.41) is 13.9. The second kappa shape index (κ2) is 6.95. The van der Waals surface area contributed by atoms with Crippen molar-refractivity contribution in [1.82, 2.24) is 4.98 Å². The Balaban J connectivity index is 1.84. The van der Waals surface area contributed by atoms with Crippen LogP contribution < -0.4 is 11.1 Å². The lowest BCUT2D eigenvalue weighted by Gasteiger charge is -2.07. The lowest BCUT2D eigenvalue weighted by Crippen LogP contribution is -2.18. The van der Waals surface area contributed by atoms with Gasteiger partial charge in [0.15, 0.2) is 0 Å². The first-order valence-corrected chi connectivity index (χ1v) is 8.12. The standard InChI is InChI=1S/C18H12N4O2S/c19-9-11-4-3-5-12(8-11)18-22-15(10-25-18)17(24)21-14-7-2-1-6-13(14)16(20)23/h1-8,10H,(H2,20,23)(H,21,24). The number of thiazole rings is 1. The van der Waals surface area contributed by atoms with Crippen LogP contribution in [0.4, 0.5) is 5.69 Å². The molecule has 0 fully saturated rings. The molecule has 3 N–H and O–H groups in total. The second-order valence-corrected chi connectivity index (χ2v) is 5.95. The minimum Gasteiger partial charge on any atom is -0.366 e. The number of nitrogens with one attached hydrogen (secondary N) is 1. The van der Waals surface area contributed by atoms with Crippen molar-refractivity contribution in [2.75, 3.05) is 5.32 Å². The van der Waals surface area contributed by atoms with Crippen molar-refractivity contribution in [3.63, 3.8) is 0 Å². The molecule has 0 unspecified atom stereocenters. The first-order chi connectivity index (χ1) is 12.1. The molecule has 3 aromatic rings. The predicted molar refractivity (Wildman–Crippen MR) is 95.2 cm³/mol. The molecule has 0 radical (unpaired) electrons. The van der Waals surface area contributed by atoms with Crippen LogP contribution in [0.5, 0.6) is 0 Å². The van der Waals surface area contributed by atoms with Gasteiger partial charge in [-0.3, -0.25) is 9.59 Å². The minimum absolute atomic E-state index is 0.224. The van der Waals surface area contributed by atoms with Crippen molar-refractivity contribution in [3.8, 4) is 16.6 Å². The van der Waals surface area contributed by atoms with Crippen LogP contribution in [0.15, 0.2) is 53.9 Å². The highest BCUT2D eigenvalue weighted by Crippen LogP contribution is 2.25. The van der Waals surface area contributed by atoms with Gasteiger partial charge in [-0.25, -0.2) is 4.98 Å². The molecule has 2 amide bonds. The topological polar surface area (TPSA) is 109 Å². The van der Waals surface area contributed by atoms with E-state index in [2.05, 4.69) is 16.4 Å². The van der Waals surface area contributed by atoms with Crippen molar-refractivity contribution in [2.24, 2.45) is 5.73 Å². The number of nitrogens with zero attached hydrogens (tertiary/aromatic N) is 2. The monoisotopic (exact) mass is 348 g/mol. The van der Waals surface area contributed by atoms with E-state index in [9.17, 15) is 9.59 Å². The van der Waals surface area contributed by atoms with Crippen LogP contribution in [0, 0.1) is 11.3 Å². The average molecular weight is 348 g/mol. The fourth-order valence-corrected chi connectivity index (χ4v) is 3.02. The SMILES string of the molecule is N#Cc1cccc(-c2nc(C(=O)Nc3ccccc3C(N)=O)cs2)c1. The zero-order valence-electron chi connectivity index (χ0n) is 12.9. The molecule has 0 aliphatic heterocycles. The van der Waals surface area contributed by atoms with Gasteiger partial charge in [-0.1, -0.05) is 24.3 Å². The normalized spacial score (nSPS) is 10.0. The van der Waals surface area contributed by atoms with Crippen LogP contribution in [-0.2, 0) is 0 Å². The van der Waals surface area contributed by atoms with Gasteiger partial charge in [-0.2, -0.15) is 5.26 Å². The van der Waals surface area contributed by atoms with E-state index in [-0.39, 0.29) is 11.3 Å². The molecule has 25 heavy (non-hydrogen) atoms. The molecule has 0 spiro atoms. The van der Waals surface area contributed by atoms with Gasteiger partial charge in [0.1, 0.15) is 10.7 Å². The molecule has 0 bridgehead atoms. The number of para-hydroxylation sites is 1. The lowest BCUT2D eigenvalue weighted by atomic mass is 10.1. The van der Waals surface area contributed by atoms with E-state index in [0.717, 1.165) is 5.56 Å². The Hall–Kier alpha value is -3.50. The predicted octanol–water partition coefficient (Wildman–Crippen LogP) is 3.03. The van der Waals surface area contributed by atoms with Gasteiger partial charge in [0.2, 0.25) is 0 Å². The lowest BCUT2D eigenvalue weighted by molar-refractivity contribution is 0.100. The molecular formula is C18H12N4O2S. The summed E-state index contributed by atoms with van der Waals surface area (Å²) in [6.45, 7) is 0. The fraction of sp³-hybridized carbons (Fsp3) is 0. The Morgan fingerprint density at radius 1 is 1.16 bits per heavy atom. The van der Waals surface area contributed by atoms with Gasteiger partial charge < -0.3 is 11.1 Å². The molecule has 2 aromatic carbocycles. The molecule has 6 nitrogen and oxygen atoms in total. The van der Waals surface area contributed by atoms with Crippen LogP contribution in [0.1, 0.15) is 26.4 Å². The number of hydrogen-bond donors (Lipinski definition) is 2. The third-order valence-corrected chi connectivity index (χ3v) is 4.31. The van der Waals surface area contributed by atoms with Crippen LogP contribution in [0.2, 0.25) is 0 Å². The molecule has 1 heterocycles. The maximum absolute atomic E-state index is 12.4. The van der Waals surface area contributed by atoms with Crippen LogP contribution in [0.25, 0.3) is 10.6 Å². The Bertz CT molecular complexity index is 1000. The average Bonchev–Trinajstić information content (AvgIpc) is 3.12. The van der Waals surface area contributed by atoms with Crippen molar-refractivity contribution in [3.05, 3.63) is 70.7 Å². The third kappa shape index (κ3) is 3.54. The van der Waals surface area contributed by atoms with E-state index in [4.69, 9.17) is 11.0 Å². The highest BCUT2D eigenvalue weighted by molar-refractivity contribution is 7.13. The Kier molecular flexibility index (Phi) is 4.55. The zero-order valence-corrected chi connectivity index (χ0v) is 13.7. The Morgan fingerprint density at radius 2 is 1.96 bits per heavy atom. The highest BCUT2D eigenvalue weighted by Gasteiger charge is 2.15. The van der Waals surface area contributed by atoms with Gasteiger partial charge in [0.25, 0.3) is 11.8 Å². The molecule has 0 aliphatic rings. The molecule has 1 aromatic heterocycles. The minimum atomic E-state index is -0.622. The number of amides is 2. The Morgan fingerprint density at radius 3 is 2.72 bits per heavy atom. The van der Waals surface area contributed by atoms with Crippen molar-refractivity contribution in [2.45, 2.75) is 0 Å². The quantitative estimate of drug-likeness (QED) is 0.755. The van der Waals surface area contributed by atoms with E-state index in [0.29, 0.717) is 16.3 Å². The van der Waals surface area contributed by atoms with Crippen molar-refractivity contribution >= 4 is 28.8 Å². The number of carbonyl (C=O) groups excluding carboxylic acids is 2. The first kappa shape index (κ1) is 16.4. The van der Waals surface area contributed by atoms with Crippen LogP contribution >= 0.6 is 11.3 Å². The van der Waals surface area contributed by atoms with Crippen LogP contribution in [0.3, 0.4) is 0 Å². The highest BCUT2D eigenvalue weighted by atomic mass is 32.1. The summed E-state index contributed by atoms with van der Waals surface area (Å²) in [5.74, 6) is -1.06. The largest absolute Gasteiger partial charge is 0.366 e. The summed E-state index contributed by atoms with van der Waals surface area (Å²) in [7, 11) is 0. The number of aromatic nitrogens is 1. The molecule has 7 heteroatoms. The van der Waals surface area contributed by atoms with Gasteiger partial charge >= 0.3 is 0 Å². The number of rotatable bonds is 4. The summed E-state index contributed by atoms with van der Waals surface area (Å²) < 4.78 is 0. The van der Waals surface area contributed by atoms with Crippen molar-refractivity contribution < 1.29 is 9.59 Å². The summed E-state index contributed by atoms with van der Waals surface area (Å²) >= 11 is 1.30. The number of nitrogens with two attached hydrogens (primary N) is 1. The summed E-state index contributed by atoms with van der Waals surface area (Å²) in [6.07, 6.45) is 0. The van der Waals surface area contributed by atoms with Gasteiger partial charge in [0, 0.05) is 10.9 Å². The number of anilines is 1. The molecule has 122 valence electrons. The van der Waals surface area contributed by atoms with E-state index in [1.807, 2.05) is 6.07 Å². The number of nitriles is 1. The summed E-state index contributed by atoms with van der Waals surface area (Å²) in [5.41, 5.74) is 7.38. The van der Waals surface area contributed by atoms with Gasteiger partial charge in [0.05, 0.1) is 22.9 Å². The van der Waals surface area contributed by atoms with E-state index >= 15 is 0 Å². The molecule has 0 saturated heterocycles. The maximum Gasteiger partial charge on any atom is 0.275 e. The molecule has 0 saturated carbocycles. The van der Waals surface area contributed by atoms with Crippen molar-refractivity contribution in [1.29, 1.82) is 5.26 Å². The first-order valence-electron chi connectivity index (χ1n) is 7.24. The second-order valence-electron chi connectivity index (χ2n) is 5.09. The third-order valence-electron chi connectivity index (χ3n) is 3.42. The maximum atomic E-state index is 12.4. The van der Waals surface area contributed by atoms with Gasteiger partial charge in [-0.15, -0.1) is 11.3 Å². The molecule has 0 atom stereocenters.